The fourth-order valence-electron chi connectivity index (χ4n) is 3.71. The van der Waals surface area contributed by atoms with Crippen LogP contribution in [0.15, 0.2) is 53.4 Å². The highest BCUT2D eigenvalue weighted by molar-refractivity contribution is 7.92. The average Bonchev–Trinajstić information content (AvgIpc) is 2.71. The summed E-state index contributed by atoms with van der Waals surface area (Å²) in [5.41, 5.74) is 0.181. The number of anilines is 1. The molecule has 0 atom stereocenters. The number of sulfonamides is 1. The fourth-order valence-corrected chi connectivity index (χ4v) is 5.61. The van der Waals surface area contributed by atoms with Crippen LogP contribution in [-0.4, -0.2) is 26.9 Å². The SMILES string of the molecule is O=C(CN(c1cccc(Cl)c1Cl)S(=O)(=O)c1ccccc1)NC1CCCCCCC1. The summed E-state index contributed by atoms with van der Waals surface area (Å²) in [6.07, 6.45) is 7.52. The van der Waals surface area contributed by atoms with Crippen LogP contribution in [0.1, 0.15) is 44.9 Å². The lowest BCUT2D eigenvalue weighted by atomic mass is 9.97. The number of carbonyl (C=O) groups is 1. The molecule has 1 N–H and O–H groups in total. The molecule has 0 aliphatic heterocycles. The summed E-state index contributed by atoms with van der Waals surface area (Å²) in [5.74, 6) is -0.351. The van der Waals surface area contributed by atoms with E-state index in [0.29, 0.717) is 0 Å². The first-order valence-electron chi connectivity index (χ1n) is 10.2. The van der Waals surface area contributed by atoms with Crippen molar-refractivity contribution in [2.75, 3.05) is 10.8 Å². The van der Waals surface area contributed by atoms with E-state index in [9.17, 15) is 13.2 Å². The zero-order chi connectivity index (χ0) is 21.6. The first-order chi connectivity index (χ1) is 14.4. The van der Waals surface area contributed by atoms with E-state index in [1.807, 2.05) is 0 Å². The molecule has 1 amide bonds. The van der Waals surface area contributed by atoms with Gasteiger partial charge in [0.25, 0.3) is 10.0 Å². The summed E-state index contributed by atoms with van der Waals surface area (Å²) in [6.45, 7) is -0.367. The number of nitrogens with zero attached hydrogens (tertiary/aromatic N) is 1. The maximum absolute atomic E-state index is 13.4. The molecule has 2 aromatic rings. The van der Waals surface area contributed by atoms with Crippen LogP contribution in [0.5, 0.6) is 0 Å². The Morgan fingerprint density at radius 2 is 1.57 bits per heavy atom. The molecule has 0 unspecified atom stereocenters. The Balaban J connectivity index is 1.88. The minimum atomic E-state index is -4.01. The Morgan fingerprint density at radius 3 is 2.23 bits per heavy atom. The number of hydrogen-bond acceptors (Lipinski definition) is 3. The van der Waals surface area contributed by atoms with Crippen LogP contribution >= 0.6 is 23.2 Å². The number of amides is 1. The van der Waals surface area contributed by atoms with Crippen molar-refractivity contribution in [3.05, 3.63) is 58.6 Å². The monoisotopic (exact) mass is 468 g/mol. The molecule has 0 heterocycles. The van der Waals surface area contributed by atoms with Gasteiger partial charge in [0.05, 0.1) is 20.6 Å². The number of halogens is 2. The van der Waals surface area contributed by atoms with Crippen LogP contribution < -0.4 is 9.62 Å². The third kappa shape index (κ3) is 5.68. The van der Waals surface area contributed by atoms with E-state index < -0.39 is 10.0 Å². The minimum absolute atomic E-state index is 0.0638. The van der Waals surface area contributed by atoms with Crippen LogP contribution in [0.2, 0.25) is 10.0 Å². The highest BCUT2D eigenvalue weighted by Crippen LogP contribution is 2.35. The molecule has 1 fully saturated rings. The highest BCUT2D eigenvalue weighted by Gasteiger charge is 2.29. The lowest BCUT2D eigenvalue weighted by Gasteiger charge is -2.27. The summed E-state index contributed by atoms with van der Waals surface area (Å²) in [7, 11) is -4.01. The summed E-state index contributed by atoms with van der Waals surface area (Å²) in [5, 5.41) is 3.34. The standard InChI is InChI=1S/C22H26Cl2N2O3S/c23-19-14-9-15-20(22(19)24)26(30(28,29)18-12-7-4-8-13-18)16-21(27)25-17-10-5-2-1-3-6-11-17/h4,7-9,12-15,17H,1-3,5-6,10-11,16H2,(H,25,27). The van der Waals surface area contributed by atoms with Gasteiger partial charge in [-0.15, -0.1) is 0 Å². The molecule has 8 heteroatoms. The normalized spacial score (nSPS) is 15.8. The first kappa shape index (κ1) is 22.9. The van der Waals surface area contributed by atoms with E-state index in [0.717, 1.165) is 30.0 Å². The predicted molar refractivity (Wildman–Crippen MR) is 122 cm³/mol. The van der Waals surface area contributed by atoms with Gasteiger partial charge in [-0.25, -0.2) is 8.42 Å². The summed E-state index contributed by atoms with van der Waals surface area (Å²) in [6, 6.07) is 12.8. The summed E-state index contributed by atoms with van der Waals surface area (Å²) in [4.78, 5) is 13.0. The molecule has 162 valence electrons. The zero-order valence-electron chi connectivity index (χ0n) is 16.7. The molecule has 30 heavy (non-hydrogen) atoms. The van der Waals surface area contributed by atoms with E-state index in [4.69, 9.17) is 23.2 Å². The third-order valence-corrected chi connectivity index (χ3v) is 7.87. The number of carbonyl (C=O) groups excluding carboxylic acids is 1. The lowest BCUT2D eigenvalue weighted by molar-refractivity contribution is -0.120. The predicted octanol–water partition coefficient (Wildman–Crippen LogP) is 5.42. The van der Waals surface area contributed by atoms with Crippen LogP contribution in [0.3, 0.4) is 0 Å². The molecule has 5 nitrogen and oxygen atoms in total. The Kier molecular flexibility index (Phi) is 8.03. The van der Waals surface area contributed by atoms with Gasteiger partial charge in [0, 0.05) is 6.04 Å². The fraction of sp³-hybridized carbons (Fsp3) is 0.409. The zero-order valence-corrected chi connectivity index (χ0v) is 19.0. The van der Waals surface area contributed by atoms with E-state index in [1.165, 1.54) is 31.4 Å². The molecule has 3 rings (SSSR count). The smallest absolute Gasteiger partial charge is 0.264 e. The second-order valence-corrected chi connectivity index (χ2v) is 10.2. The molecular formula is C22H26Cl2N2O3S. The van der Waals surface area contributed by atoms with Gasteiger partial charge >= 0.3 is 0 Å². The molecular weight excluding hydrogens is 443 g/mol. The molecule has 1 aliphatic rings. The van der Waals surface area contributed by atoms with Crippen molar-refractivity contribution >= 4 is 44.8 Å². The number of hydrogen-bond donors (Lipinski definition) is 1. The topological polar surface area (TPSA) is 66.5 Å². The van der Waals surface area contributed by atoms with E-state index in [1.54, 1.807) is 36.4 Å². The molecule has 0 radical (unpaired) electrons. The third-order valence-electron chi connectivity index (χ3n) is 5.29. The van der Waals surface area contributed by atoms with Crippen LogP contribution in [-0.2, 0) is 14.8 Å². The van der Waals surface area contributed by atoms with Gasteiger partial charge in [-0.1, -0.05) is 79.6 Å². The van der Waals surface area contributed by atoms with Crippen LogP contribution in [0.25, 0.3) is 0 Å². The van der Waals surface area contributed by atoms with Gasteiger partial charge in [0.2, 0.25) is 5.91 Å². The molecule has 1 saturated carbocycles. The van der Waals surface area contributed by atoms with Crippen molar-refractivity contribution in [3.63, 3.8) is 0 Å². The Labute approximate surface area is 188 Å². The minimum Gasteiger partial charge on any atom is -0.352 e. The van der Waals surface area contributed by atoms with Gasteiger partial charge in [-0.3, -0.25) is 9.10 Å². The number of benzene rings is 2. The molecule has 0 spiro atoms. The van der Waals surface area contributed by atoms with Crippen molar-refractivity contribution in [3.8, 4) is 0 Å². The highest BCUT2D eigenvalue weighted by atomic mass is 35.5. The Morgan fingerprint density at radius 1 is 0.933 bits per heavy atom. The largest absolute Gasteiger partial charge is 0.352 e. The van der Waals surface area contributed by atoms with Crippen molar-refractivity contribution in [1.82, 2.24) is 5.32 Å². The van der Waals surface area contributed by atoms with E-state index in [2.05, 4.69) is 5.32 Å². The number of nitrogens with one attached hydrogen (secondary N) is 1. The molecule has 1 aliphatic carbocycles. The van der Waals surface area contributed by atoms with Gasteiger partial charge in [0.15, 0.2) is 0 Å². The average molecular weight is 469 g/mol. The van der Waals surface area contributed by atoms with Gasteiger partial charge in [-0.05, 0) is 37.1 Å². The molecule has 2 aromatic carbocycles. The maximum Gasteiger partial charge on any atom is 0.264 e. The Hall–Kier alpha value is -1.76. The molecule has 0 bridgehead atoms. The van der Waals surface area contributed by atoms with Gasteiger partial charge in [0.1, 0.15) is 6.54 Å². The van der Waals surface area contributed by atoms with Crippen molar-refractivity contribution in [2.24, 2.45) is 0 Å². The molecule has 0 saturated heterocycles. The van der Waals surface area contributed by atoms with Crippen LogP contribution in [0.4, 0.5) is 5.69 Å². The van der Waals surface area contributed by atoms with Crippen molar-refractivity contribution in [2.45, 2.75) is 55.9 Å². The maximum atomic E-state index is 13.4. The quantitative estimate of drug-likeness (QED) is 0.615. The van der Waals surface area contributed by atoms with Crippen molar-refractivity contribution < 1.29 is 13.2 Å². The number of rotatable bonds is 6. The second-order valence-electron chi connectivity index (χ2n) is 7.51. The Bertz CT molecular complexity index is 960. The van der Waals surface area contributed by atoms with Crippen molar-refractivity contribution in [1.29, 1.82) is 0 Å². The summed E-state index contributed by atoms with van der Waals surface area (Å²) < 4.78 is 27.8. The summed E-state index contributed by atoms with van der Waals surface area (Å²) >= 11 is 12.5. The second kappa shape index (κ2) is 10.5. The lowest BCUT2D eigenvalue weighted by Crippen LogP contribution is -2.44. The van der Waals surface area contributed by atoms with Gasteiger partial charge in [-0.2, -0.15) is 0 Å². The van der Waals surface area contributed by atoms with E-state index in [-0.39, 0.29) is 39.1 Å². The van der Waals surface area contributed by atoms with Gasteiger partial charge < -0.3 is 5.32 Å². The van der Waals surface area contributed by atoms with Crippen LogP contribution in [0, 0.1) is 0 Å². The molecule has 0 aromatic heterocycles. The first-order valence-corrected chi connectivity index (χ1v) is 12.4. The van der Waals surface area contributed by atoms with E-state index >= 15 is 0 Å².